The number of quaternary nitrogens is 1. The number of carbonyl (C=O) groups excluding carboxylic acids is 1. The van der Waals surface area contributed by atoms with Crippen molar-refractivity contribution in [3.05, 3.63) is 0 Å². The van der Waals surface area contributed by atoms with Crippen molar-refractivity contribution in [3.8, 4) is 0 Å². The lowest BCUT2D eigenvalue weighted by Gasteiger charge is -2.28. The normalized spacial score (nSPS) is 13.7. The molecule has 0 saturated carbocycles. The highest BCUT2D eigenvalue weighted by molar-refractivity contribution is 7.45. The molecule has 9 heteroatoms. The molecular formula is C45H92NO7P. The van der Waals surface area contributed by atoms with Gasteiger partial charge >= 0.3 is 5.97 Å². The molecule has 0 rings (SSSR count). The molecule has 0 aliphatic carbocycles. The molecule has 0 spiro atoms. The monoisotopic (exact) mass is 790 g/mol. The van der Waals surface area contributed by atoms with Gasteiger partial charge in [0.15, 0.2) is 0 Å². The van der Waals surface area contributed by atoms with Gasteiger partial charge in [0, 0.05) is 13.0 Å². The van der Waals surface area contributed by atoms with Crippen LogP contribution in [0, 0.1) is 0 Å². The fourth-order valence-corrected chi connectivity index (χ4v) is 7.51. The molecular weight excluding hydrogens is 697 g/mol. The standard InChI is InChI=1S/C45H92NO7P/c1-6-8-10-12-14-16-18-20-22-23-24-25-27-29-31-33-35-37-40-50-42-44(43-52-54(48,49)51-41-39-46(3,4)5)53-45(47)38-36-34-32-30-28-26-21-19-17-15-13-11-9-7-2/h44H,6-43H2,1-5H3. The summed E-state index contributed by atoms with van der Waals surface area (Å²) in [6, 6.07) is 0. The van der Waals surface area contributed by atoms with E-state index in [0.717, 1.165) is 32.1 Å². The third kappa shape index (κ3) is 42.6. The van der Waals surface area contributed by atoms with Gasteiger partial charge in [-0.3, -0.25) is 9.36 Å². The van der Waals surface area contributed by atoms with Crippen molar-refractivity contribution in [2.24, 2.45) is 0 Å². The molecule has 0 aromatic rings. The number of likely N-dealkylation sites (N-methyl/N-ethyl adjacent to an activating group) is 1. The number of rotatable bonds is 44. The minimum atomic E-state index is -4.52. The number of ether oxygens (including phenoxy) is 2. The van der Waals surface area contributed by atoms with E-state index in [9.17, 15) is 14.3 Å². The Kier molecular flexibility index (Phi) is 39.0. The molecule has 0 radical (unpaired) electrons. The highest BCUT2D eigenvalue weighted by atomic mass is 31.2. The number of unbranched alkanes of at least 4 members (excludes halogenated alkanes) is 30. The van der Waals surface area contributed by atoms with Crippen molar-refractivity contribution in [1.29, 1.82) is 0 Å². The second-order valence-corrected chi connectivity index (χ2v) is 18.5. The average Bonchev–Trinajstić information content (AvgIpc) is 3.12. The summed E-state index contributed by atoms with van der Waals surface area (Å²) < 4.78 is 34.6. The molecule has 324 valence electrons. The molecule has 0 aromatic heterocycles. The van der Waals surface area contributed by atoms with Crippen LogP contribution in [0.3, 0.4) is 0 Å². The maximum Gasteiger partial charge on any atom is 0.306 e. The van der Waals surface area contributed by atoms with Gasteiger partial charge in [0.2, 0.25) is 0 Å². The molecule has 0 aromatic carbocycles. The second-order valence-electron chi connectivity index (χ2n) is 17.1. The summed E-state index contributed by atoms with van der Waals surface area (Å²) in [4.78, 5) is 25.1. The first-order valence-corrected chi connectivity index (χ1v) is 24.7. The quantitative estimate of drug-likeness (QED) is 0.0262. The van der Waals surface area contributed by atoms with Crippen LogP contribution in [0.4, 0.5) is 0 Å². The molecule has 0 aliphatic rings. The summed E-state index contributed by atoms with van der Waals surface area (Å²) in [5, 5.41) is 0. The van der Waals surface area contributed by atoms with E-state index in [2.05, 4.69) is 13.8 Å². The van der Waals surface area contributed by atoms with E-state index in [1.807, 2.05) is 21.1 Å². The Labute approximate surface area is 336 Å². The van der Waals surface area contributed by atoms with E-state index < -0.39 is 13.9 Å². The highest BCUT2D eigenvalue weighted by Crippen LogP contribution is 2.38. The minimum absolute atomic E-state index is 0.0315. The lowest BCUT2D eigenvalue weighted by Crippen LogP contribution is -2.37. The number of esters is 1. The first kappa shape index (κ1) is 53.5. The summed E-state index contributed by atoms with van der Waals surface area (Å²) in [7, 11) is 1.38. The van der Waals surface area contributed by atoms with Crippen molar-refractivity contribution in [1.82, 2.24) is 0 Å². The van der Waals surface area contributed by atoms with Gasteiger partial charge in [-0.15, -0.1) is 0 Å². The first-order chi connectivity index (χ1) is 26.1. The molecule has 0 N–H and O–H groups in total. The van der Waals surface area contributed by atoms with E-state index in [-0.39, 0.29) is 25.8 Å². The maximum absolute atomic E-state index is 12.7. The Morgan fingerprint density at radius 2 is 0.852 bits per heavy atom. The number of nitrogens with zero attached hydrogens (tertiary/aromatic N) is 1. The summed E-state index contributed by atoms with van der Waals surface area (Å²) in [5.41, 5.74) is 0. The fraction of sp³-hybridized carbons (Fsp3) is 0.978. The Balaban J connectivity index is 4.14. The van der Waals surface area contributed by atoms with Crippen molar-refractivity contribution < 1.29 is 37.3 Å². The van der Waals surface area contributed by atoms with Gasteiger partial charge in [0.1, 0.15) is 19.3 Å². The highest BCUT2D eigenvalue weighted by Gasteiger charge is 2.20. The lowest BCUT2D eigenvalue weighted by molar-refractivity contribution is -0.870. The van der Waals surface area contributed by atoms with Gasteiger partial charge in [-0.25, -0.2) is 0 Å². The maximum atomic E-state index is 12.7. The van der Waals surface area contributed by atoms with Crippen molar-refractivity contribution in [2.45, 2.75) is 232 Å². The molecule has 0 amide bonds. The predicted molar refractivity (Wildman–Crippen MR) is 227 cm³/mol. The van der Waals surface area contributed by atoms with Crippen molar-refractivity contribution >= 4 is 13.8 Å². The summed E-state index contributed by atoms with van der Waals surface area (Å²) >= 11 is 0. The Bertz CT molecular complexity index is 837. The minimum Gasteiger partial charge on any atom is -0.756 e. The largest absolute Gasteiger partial charge is 0.756 e. The fourth-order valence-electron chi connectivity index (χ4n) is 6.78. The molecule has 0 aliphatic heterocycles. The number of hydrogen-bond donors (Lipinski definition) is 0. The zero-order valence-corrected chi connectivity index (χ0v) is 37.6. The molecule has 0 heterocycles. The SMILES string of the molecule is CCCCCCCCCCCCCCCCCCCCOCC(COP(=O)([O-])OCC[N+](C)(C)C)OC(=O)CCCCCCCCCCCCCCCC. The third-order valence-corrected chi connectivity index (χ3v) is 11.4. The van der Waals surface area contributed by atoms with E-state index in [1.165, 1.54) is 173 Å². The molecule has 2 atom stereocenters. The van der Waals surface area contributed by atoms with Crippen LogP contribution < -0.4 is 4.89 Å². The molecule has 2 unspecified atom stereocenters. The van der Waals surface area contributed by atoms with Gasteiger partial charge in [0.05, 0.1) is 34.4 Å². The van der Waals surface area contributed by atoms with Crippen LogP contribution in [-0.4, -0.2) is 70.7 Å². The molecule has 0 bridgehead atoms. The average molecular weight is 790 g/mol. The van der Waals surface area contributed by atoms with E-state index in [0.29, 0.717) is 24.1 Å². The first-order valence-electron chi connectivity index (χ1n) is 23.3. The van der Waals surface area contributed by atoms with E-state index >= 15 is 0 Å². The number of phosphoric ester groups is 1. The Morgan fingerprint density at radius 1 is 0.500 bits per heavy atom. The van der Waals surface area contributed by atoms with Crippen molar-refractivity contribution in [3.63, 3.8) is 0 Å². The zero-order chi connectivity index (χ0) is 39.9. The van der Waals surface area contributed by atoms with Crippen LogP contribution in [0.5, 0.6) is 0 Å². The van der Waals surface area contributed by atoms with Crippen LogP contribution in [-0.2, 0) is 27.9 Å². The number of hydrogen-bond acceptors (Lipinski definition) is 7. The molecule has 8 nitrogen and oxygen atoms in total. The topological polar surface area (TPSA) is 94.1 Å². The third-order valence-electron chi connectivity index (χ3n) is 10.4. The van der Waals surface area contributed by atoms with Gasteiger partial charge in [-0.05, 0) is 12.8 Å². The lowest BCUT2D eigenvalue weighted by atomic mass is 10.0. The van der Waals surface area contributed by atoms with Gasteiger partial charge in [-0.1, -0.05) is 206 Å². The summed E-state index contributed by atoms with van der Waals surface area (Å²) in [6.07, 6.45) is 41.1. The van der Waals surface area contributed by atoms with Crippen LogP contribution in [0.25, 0.3) is 0 Å². The molecule has 0 saturated heterocycles. The smallest absolute Gasteiger partial charge is 0.306 e. The van der Waals surface area contributed by atoms with Crippen LogP contribution in [0.2, 0.25) is 0 Å². The number of phosphoric acid groups is 1. The Hall–Kier alpha value is -0.500. The summed E-state index contributed by atoms with van der Waals surface area (Å²) in [5.74, 6) is -0.328. The molecule has 0 fully saturated rings. The van der Waals surface area contributed by atoms with Gasteiger partial charge < -0.3 is 27.9 Å². The van der Waals surface area contributed by atoms with Gasteiger partial charge in [-0.2, -0.15) is 0 Å². The van der Waals surface area contributed by atoms with Gasteiger partial charge in [0.25, 0.3) is 7.82 Å². The second kappa shape index (κ2) is 39.3. The number of carbonyl (C=O) groups is 1. The zero-order valence-electron chi connectivity index (χ0n) is 36.7. The van der Waals surface area contributed by atoms with Crippen LogP contribution in [0.15, 0.2) is 0 Å². The van der Waals surface area contributed by atoms with E-state index in [4.69, 9.17) is 18.5 Å². The van der Waals surface area contributed by atoms with Crippen LogP contribution in [0.1, 0.15) is 226 Å². The van der Waals surface area contributed by atoms with E-state index in [1.54, 1.807) is 0 Å². The summed E-state index contributed by atoms with van der Waals surface area (Å²) in [6.45, 7) is 5.47. The Morgan fingerprint density at radius 3 is 1.22 bits per heavy atom. The predicted octanol–water partition coefficient (Wildman–Crippen LogP) is 13.0. The van der Waals surface area contributed by atoms with Crippen molar-refractivity contribution in [2.75, 3.05) is 54.1 Å². The van der Waals surface area contributed by atoms with Crippen LogP contribution >= 0.6 is 7.82 Å². The molecule has 54 heavy (non-hydrogen) atoms.